The summed E-state index contributed by atoms with van der Waals surface area (Å²) in [5, 5.41) is 12.6. The minimum absolute atomic E-state index is 0.0476. The predicted molar refractivity (Wildman–Crippen MR) is 108 cm³/mol. The van der Waals surface area contributed by atoms with Gasteiger partial charge in [0.2, 0.25) is 0 Å². The molecule has 1 unspecified atom stereocenters. The Morgan fingerprint density at radius 2 is 1.84 bits per heavy atom. The quantitative estimate of drug-likeness (QED) is 0.380. The van der Waals surface area contributed by atoms with Gasteiger partial charge in [-0.05, 0) is 35.7 Å². The molecule has 2 rings (SSSR count). The van der Waals surface area contributed by atoms with E-state index in [1.807, 2.05) is 0 Å². The van der Waals surface area contributed by atoms with E-state index in [0.29, 0.717) is 10.6 Å². The summed E-state index contributed by atoms with van der Waals surface area (Å²) in [6, 6.07) is 9.26. The number of amides is 3. The molecule has 0 aliphatic carbocycles. The lowest BCUT2D eigenvalue weighted by atomic mass is 10.0. The first-order valence-electron chi connectivity index (χ1n) is 9.33. The Hall–Kier alpha value is -3.51. The second-order valence-corrected chi connectivity index (χ2v) is 7.06. The molecule has 31 heavy (non-hydrogen) atoms. The smallest absolute Gasteiger partial charge is 0.350 e. The van der Waals surface area contributed by atoms with Crippen molar-refractivity contribution in [3.8, 4) is 11.8 Å². The van der Waals surface area contributed by atoms with Crippen LogP contribution in [0.1, 0.15) is 40.9 Å². The number of nitrogens with two attached hydrogens (primary N) is 1. The van der Waals surface area contributed by atoms with Crippen molar-refractivity contribution in [2.75, 3.05) is 0 Å². The molecule has 0 fully saturated rings. The Morgan fingerprint density at radius 1 is 1.16 bits per heavy atom. The van der Waals surface area contributed by atoms with Gasteiger partial charge >= 0.3 is 12.2 Å². The van der Waals surface area contributed by atoms with E-state index >= 15 is 0 Å². The van der Waals surface area contributed by atoms with E-state index in [4.69, 9.17) is 5.73 Å². The number of alkyl halides is 3. The first kappa shape index (κ1) is 23.8. The molecule has 3 amide bonds. The summed E-state index contributed by atoms with van der Waals surface area (Å²) in [6.45, 7) is 3.19. The van der Waals surface area contributed by atoms with Crippen LogP contribution in [-0.2, 0) is 12.7 Å². The zero-order chi connectivity index (χ0) is 23.2. The molecule has 0 aliphatic rings. The molecule has 0 heterocycles. The first-order chi connectivity index (χ1) is 14.5. The Labute approximate surface area is 177 Å². The number of rotatable bonds is 5. The van der Waals surface area contributed by atoms with Gasteiger partial charge in [-0.25, -0.2) is 4.79 Å². The molecule has 6 nitrogen and oxygen atoms in total. The Balaban J connectivity index is 2.16. The molecule has 0 radical (unpaired) electrons. The topological polar surface area (TPSA) is 95.7 Å². The summed E-state index contributed by atoms with van der Waals surface area (Å²) >= 11 is 0. The van der Waals surface area contributed by atoms with Gasteiger partial charge in [-0.3, -0.25) is 10.0 Å². The Bertz CT molecular complexity index is 1010. The van der Waals surface area contributed by atoms with Gasteiger partial charge in [-0.1, -0.05) is 50.0 Å². The van der Waals surface area contributed by atoms with Gasteiger partial charge in [-0.15, -0.1) is 0 Å². The minimum Gasteiger partial charge on any atom is -0.350 e. The fraction of sp³-hybridized carbons (Fsp3) is 0.273. The molecule has 0 saturated heterocycles. The van der Waals surface area contributed by atoms with Crippen LogP contribution in [0.2, 0.25) is 0 Å². The van der Waals surface area contributed by atoms with Gasteiger partial charge < -0.3 is 11.1 Å². The molecule has 0 spiro atoms. The number of nitrogens with zero attached hydrogens (tertiary/aromatic N) is 1. The summed E-state index contributed by atoms with van der Waals surface area (Å²) < 4.78 is 39.3. The van der Waals surface area contributed by atoms with Gasteiger partial charge in [0.25, 0.3) is 5.91 Å². The molecular formula is C22H22F3N3O3. The number of hydroxylamine groups is 2. The Morgan fingerprint density at radius 3 is 2.45 bits per heavy atom. The molecule has 2 aromatic carbocycles. The molecule has 0 saturated carbocycles. The van der Waals surface area contributed by atoms with Gasteiger partial charge in [0.15, 0.2) is 0 Å². The summed E-state index contributed by atoms with van der Waals surface area (Å²) in [6.07, 6.45) is -4.52. The van der Waals surface area contributed by atoms with Crippen LogP contribution in [0.5, 0.6) is 0 Å². The largest absolute Gasteiger partial charge is 0.416 e. The molecule has 0 aromatic heterocycles. The normalized spacial score (nSPS) is 12.0. The van der Waals surface area contributed by atoms with Crippen molar-refractivity contribution in [1.29, 1.82) is 0 Å². The van der Waals surface area contributed by atoms with Crippen LogP contribution in [0, 0.1) is 17.8 Å². The summed E-state index contributed by atoms with van der Waals surface area (Å²) in [4.78, 5) is 23.6. The van der Waals surface area contributed by atoms with Gasteiger partial charge in [0.1, 0.15) is 6.04 Å². The Kier molecular flexibility index (Phi) is 7.67. The van der Waals surface area contributed by atoms with Crippen molar-refractivity contribution in [2.24, 2.45) is 11.7 Å². The maximum Gasteiger partial charge on any atom is 0.416 e. The molecule has 2 aromatic rings. The number of halogens is 3. The average molecular weight is 433 g/mol. The van der Waals surface area contributed by atoms with Crippen molar-refractivity contribution in [1.82, 2.24) is 10.4 Å². The van der Waals surface area contributed by atoms with Crippen LogP contribution < -0.4 is 11.1 Å². The maximum absolute atomic E-state index is 13.1. The van der Waals surface area contributed by atoms with Crippen LogP contribution in [0.15, 0.2) is 48.5 Å². The summed E-state index contributed by atoms with van der Waals surface area (Å²) in [5.74, 6) is 4.72. The monoisotopic (exact) mass is 433 g/mol. The van der Waals surface area contributed by atoms with Crippen LogP contribution in [0.4, 0.5) is 18.0 Å². The third kappa shape index (κ3) is 6.49. The number of primary amides is 1. The molecule has 4 N–H and O–H groups in total. The predicted octanol–water partition coefficient (Wildman–Crippen LogP) is 3.78. The number of hydrogen-bond acceptors (Lipinski definition) is 3. The lowest BCUT2D eigenvalue weighted by Gasteiger charge is -2.22. The summed E-state index contributed by atoms with van der Waals surface area (Å²) in [7, 11) is 0. The van der Waals surface area contributed by atoms with E-state index in [-0.39, 0.29) is 23.6 Å². The van der Waals surface area contributed by atoms with Gasteiger partial charge in [-0.2, -0.15) is 18.2 Å². The van der Waals surface area contributed by atoms with Crippen molar-refractivity contribution in [3.63, 3.8) is 0 Å². The molecule has 164 valence electrons. The van der Waals surface area contributed by atoms with Crippen LogP contribution in [0.3, 0.4) is 0 Å². The molecular weight excluding hydrogens is 411 g/mol. The van der Waals surface area contributed by atoms with Crippen LogP contribution in [-0.4, -0.2) is 28.3 Å². The number of carbonyl (C=O) groups excluding carboxylic acids is 2. The molecule has 0 bridgehead atoms. The van der Waals surface area contributed by atoms with E-state index in [9.17, 15) is 28.0 Å². The lowest BCUT2D eigenvalue weighted by molar-refractivity contribution is -0.138. The second-order valence-electron chi connectivity index (χ2n) is 7.06. The number of hydrogen-bond donors (Lipinski definition) is 3. The lowest BCUT2D eigenvalue weighted by Crippen LogP contribution is -2.43. The van der Waals surface area contributed by atoms with E-state index in [0.717, 1.165) is 6.07 Å². The van der Waals surface area contributed by atoms with E-state index in [1.165, 1.54) is 30.3 Å². The minimum atomic E-state index is -4.52. The zero-order valence-corrected chi connectivity index (χ0v) is 16.9. The average Bonchev–Trinajstić information content (AvgIpc) is 2.71. The highest BCUT2D eigenvalue weighted by Crippen LogP contribution is 2.31. The van der Waals surface area contributed by atoms with Crippen molar-refractivity contribution in [3.05, 3.63) is 70.8 Å². The van der Waals surface area contributed by atoms with Gasteiger partial charge in [0, 0.05) is 17.7 Å². The number of nitrogens with one attached hydrogen (secondary N) is 1. The molecule has 9 heteroatoms. The van der Waals surface area contributed by atoms with E-state index in [2.05, 4.69) is 17.2 Å². The molecule has 0 aliphatic heterocycles. The van der Waals surface area contributed by atoms with Crippen LogP contribution >= 0.6 is 0 Å². The standard InChI is InChI=1S/C22H22F3N3O3/c1-14(2)19(28(31)21(26)30)11-10-15-6-5-8-16(12-15)20(29)27-13-17-7-3-4-9-18(17)22(23,24)25/h3-9,12,14,19,31H,13H2,1-2H3,(H2,26,30)(H,27,29). The van der Waals surface area contributed by atoms with Gasteiger partial charge in [0.05, 0.1) is 5.56 Å². The number of carbonyl (C=O) groups is 2. The number of benzene rings is 2. The SMILES string of the molecule is CC(C)C(C#Cc1cccc(C(=O)NCc2ccccc2C(F)(F)F)c1)N(O)C(N)=O. The fourth-order valence-electron chi connectivity index (χ4n) is 2.77. The zero-order valence-electron chi connectivity index (χ0n) is 16.9. The highest BCUT2D eigenvalue weighted by atomic mass is 19.4. The van der Waals surface area contributed by atoms with Crippen molar-refractivity contribution in [2.45, 2.75) is 32.6 Å². The highest BCUT2D eigenvalue weighted by molar-refractivity contribution is 5.94. The number of urea groups is 1. The maximum atomic E-state index is 13.1. The van der Waals surface area contributed by atoms with Crippen LogP contribution in [0.25, 0.3) is 0 Å². The first-order valence-corrected chi connectivity index (χ1v) is 9.33. The third-order valence-corrected chi connectivity index (χ3v) is 4.37. The highest BCUT2D eigenvalue weighted by Gasteiger charge is 2.32. The summed E-state index contributed by atoms with van der Waals surface area (Å²) in [5.41, 5.74) is 4.84. The fourth-order valence-corrected chi connectivity index (χ4v) is 2.77. The molecule has 1 atom stereocenters. The van der Waals surface area contributed by atoms with E-state index < -0.39 is 29.7 Å². The van der Waals surface area contributed by atoms with Crippen molar-refractivity contribution >= 4 is 11.9 Å². The van der Waals surface area contributed by atoms with Crippen molar-refractivity contribution < 1.29 is 28.0 Å². The second kappa shape index (κ2) is 10.00. The van der Waals surface area contributed by atoms with E-state index in [1.54, 1.807) is 26.0 Å². The third-order valence-electron chi connectivity index (χ3n) is 4.37.